The summed E-state index contributed by atoms with van der Waals surface area (Å²) in [6, 6.07) is 4.92. The van der Waals surface area contributed by atoms with Gasteiger partial charge in [-0.05, 0) is 25.1 Å². The summed E-state index contributed by atoms with van der Waals surface area (Å²) < 4.78 is 5.01. The van der Waals surface area contributed by atoms with Gasteiger partial charge in [0.25, 0.3) is 0 Å². The van der Waals surface area contributed by atoms with E-state index in [4.69, 9.17) is 9.84 Å². The van der Waals surface area contributed by atoms with Crippen LogP contribution in [0.15, 0.2) is 23.0 Å². The minimum absolute atomic E-state index is 0.231. The molecule has 0 aliphatic rings. The molecule has 5 heteroatoms. The summed E-state index contributed by atoms with van der Waals surface area (Å²) in [5, 5.41) is 9.29. The lowest BCUT2D eigenvalue weighted by Crippen LogP contribution is -2.18. The smallest absolute Gasteiger partial charge is 0.341 e. The lowest BCUT2D eigenvalue weighted by molar-refractivity contribution is 0.0694. The van der Waals surface area contributed by atoms with Crippen LogP contribution in [0.1, 0.15) is 16.1 Å². The Morgan fingerprint density at radius 2 is 2.12 bits per heavy atom. The van der Waals surface area contributed by atoms with E-state index < -0.39 is 11.4 Å². The predicted octanol–water partition coefficient (Wildman–Crippen LogP) is 1.54. The number of carboxylic acid groups (broad SMARTS) is 1. The zero-order chi connectivity index (χ0) is 12.6. The fraction of sp³-hybridized carbons (Fsp3) is 0.167. The van der Waals surface area contributed by atoms with Gasteiger partial charge < -0.3 is 14.8 Å². The molecule has 0 saturated carbocycles. The van der Waals surface area contributed by atoms with E-state index in [1.807, 2.05) is 0 Å². The van der Waals surface area contributed by atoms with Gasteiger partial charge in [0.1, 0.15) is 11.3 Å². The largest absolute Gasteiger partial charge is 0.497 e. The first-order valence-corrected chi connectivity index (χ1v) is 4.98. The molecule has 17 heavy (non-hydrogen) atoms. The number of methoxy groups -OCH3 is 1. The number of ether oxygens (including phenoxy) is 1. The van der Waals surface area contributed by atoms with Crippen molar-refractivity contribution in [1.29, 1.82) is 0 Å². The number of aryl methyl sites for hydroxylation is 1. The minimum Gasteiger partial charge on any atom is -0.497 e. The summed E-state index contributed by atoms with van der Waals surface area (Å²) in [5.74, 6) is -0.711. The van der Waals surface area contributed by atoms with Crippen LogP contribution in [0.25, 0.3) is 10.9 Å². The molecule has 0 aliphatic carbocycles. The third-order valence-electron chi connectivity index (χ3n) is 2.61. The molecular weight excluding hydrogens is 222 g/mol. The fourth-order valence-electron chi connectivity index (χ4n) is 1.77. The van der Waals surface area contributed by atoms with Crippen molar-refractivity contribution in [2.24, 2.45) is 0 Å². The van der Waals surface area contributed by atoms with Gasteiger partial charge in [-0.2, -0.15) is 0 Å². The van der Waals surface area contributed by atoms with Crippen LogP contribution in [0.3, 0.4) is 0 Å². The molecular formula is C12H11NO4. The molecule has 0 amide bonds. The molecule has 0 fully saturated rings. The Kier molecular flexibility index (Phi) is 2.59. The Morgan fingerprint density at radius 3 is 2.71 bits per heavy atom. The number of benzene rings is 1. The van der Waals surface area contributed by atoms with Crippen LogP contribution in [0.4, 0.5) is 0 Å². The molecule has 1 heterocycles. The average molecular weight is 233 g/mol. The van der Waals surface area contributed by atoms with Gasteiger partial charge in [0.15, 0.2) is 0 Å². The van der Waals surface area contributed by atoms with Gasteiger partial charge in [0.2, 0.25) is 5.43 Å². The van der Waals surface area contributed by atoms with Crippen molar-refractivity contribution in [3.8, 4) is 5.75 Å². The summed E-state index contributed by atoms with van der Waals surface area (Å²) in [5.41, 5.74) is 0.215. The third-order valence-corrected chi connectivity index (χ3v) is 2.61. The van der Waals surface area contributed by atoms with E-state index in [1.54, 1.807) is 19.1 Å². The molecule has 0 radical (unpaired) electrons. The van der Waals surface area contributed by atoms with Crippen LogP contribution in [0.5, 0.6) is 5.75 Å². The van der Waals surface area contributed by atoms with Crippen molar-refractivity contribution in [2.45, 2.75) is 6.92 Å². The van der Waals surface area contributed by atoms with E-state index in [1.165, 1.54) is 13.2 Å². The molecule has 2 N–H and O–H groups in total. The second-order valence-corrected chi connectivity index (χ2v) is 3.67. The maximum Gasteiger partial charge on any atom is 0.341 e. The Bertz CT molecular complexity index is 657. The van der Waals surface area contributed by atoms with Gasteiger partial charge in [-0.25, -0.2) is 4.79 Å². The SMILES string of the molecule is COc1ccc2[nH]c(C)c(C(=O)O)c(=O)c2c1. The second kappa shape index (κ2) is 3.93. The number of carboxylic acids is 1. The summed E-state index contributed by atoms with van der Waals surface area (Å²) in [7, 11) is 1.49. The Balaban J connectivity index is 2.89. The van der Waals surface area contributed by atoms with Crippen molar-refractivity contribution in [3.05, 3.63) is 39.7 Å². The monoisotopic (exact) mass is 233 g/mol. The van der Waals surface area contributed by atoms with Crippen molar-refractivity contribution in [2.75, 3.05) is 7.11 Å². The van der Waals surface area contributed by atoms with Crippen LogP contribution >= 0.6 is 0 Å². The number of fused-ring (bicyclic) bond motifs is 1. The van der Waals surface area contributed by atoms with E-state index in [-0.39, 0.29) is 5.56 Å². The van der Waals surface area contributed by atoms with Crippen LogP contribution in [0, 0.1) is 6.92 Å². The normalized spacial score (nSPS) is 10.5. The fourth-order valence-corrected chi connectivity index (χ4v) is 1.77. The predicted molar refractivity (Wildman–Crippen MR) is 62.8 cm³/mol. The summed E-state index contributed by atoms with van der Waals surface area (Å²) in [6.07, 6.45) is 0. The zero-order valence-corrected chi connectivity index (χ0v) is 9.40. The summed E-state index contributed by atoms with van der Waals surface area (Å²) in [4.78, 5) is 25.9. The van der Waals surface area contributed by atoms with Gasteiger partial charge in [-0.3, -0.25) is 4.79 Å². The Morgan fingerprint density at radius 1 is 1.41 bits per heavy atom. The first-order valence-electron chi connectivity index (χ1n) is 4.98. The molecule has 0 bridgehead atoms. The van der Waals surface area contributed by atoms with Crippen LogP contribution in [-0.2, 0) is 0 Å². The molecule has 5 nitrogen and oxygen atoms in total. The van der Waals surface area contributed by atoms with Crippen molar-refractivity contribution in [3.63, 3.8) is 0 Å². The molecule has 2 aromatic rings. The molecule has 1 aromatic heterocycles. The molecule has 88 valence electrons. The Labute approximate surface area is 96.7 Å². The summed E-state index contributed by atoms with van der Waals surface area (Å²) in [6.45, 7) is 1.56. The molecule has 0 aliphatic heterocycles. The highest BCUT2D eigenvalue weighted by molar-refractivity contribution is 5.94. The van der Waals surface area contributed by atoms with Gasteiger partial charge >= 0.3 is 5.97 Å². The highest BCUT2D eigenvalue weighted by Gasteiger charge is 2.15. The minimum atomic E-state index is -1.23. The maximum absolute atomic E-state index is 12.0. The van der Waals surface area contributed by atoms with Crippen LogP contribution < -0.4 is 10.2 Å². The van der Waals surface area contributed by atoms with Gasteiger partial charge in [0, 0.05) is 11.2 Å². The molecule has 0 spiro atoms. The number of rotatable bonds is 2. The molecule has 0 saturated heterocycles. The van der Waals surface area contributed by atoms with Gasteiger partial charge in [0.05, 0.1) is 12.5 Å². The van der Waals surface area contributed by atoms with Gasteiger partial charge in [-0.15, -0.1) is 0 Å². The molecule has 0 unspecified atom stereocenters. The van der Waals surface area contributed by atoms with E-state index in [2.05, 4.69) is 4.98 Å². The van der Waals surface area contributed by atoms with Gasteiger partial charge in [-0.1, -0.05) is 0 Å². The average Bonchev–Trinajstić information content (AvgIpc) is 2.28. The highest BCUT2D eigenvalue weighted by Crippen LogP contribution is 2.18. The van der Waals surface area contributed by atoms with E-state index in [9.17, 15) is 9.59 Å². The number of carbonyl (C=O) groups is 1. The van der Waals surface area contributed by atoms with E-state index in [0.717, 1.165) is 0 Å². The van der Waals surface area contributed by atoms with E-state index in [0.29, 0.717) is 22.3 Å². The number of H-pyrrole nitrogens is 1. The lowest BCUT2D eigenvalue weighted by atomic mass is 10.1. The summed E-state index contributed by atoms with van der Waals surface area (Å²) >= 11 is 0. The maximum atomic E-state index is 12.0. The standard InChI is InChI=1S/C12H11NO4/c1-6-10(12(15)16)11(14)8-5-7(17-2)3-4-9(8)13-6/h3-5H,1-2H3,(H,13,14)(H,15,16). The van der Waals surface area contributed by atoms with Crippen LogP contribution in [0.2, 0.25) is 0 Å². The van der Waals surface area contributed by atoms with E-state index >= 15 is 0 Å². The van der Waals surface area contributed by atoms with Crippen molar-refractivity contribution >= 4 is 16.9 Å². The lowest BCUT2D eigenvalue weighted by Gasteiger charge is -2.06. The first kappa shape index (κ1) is 11.2. The van der Waals surface area contributed by atoms with Crippen LogP contribution in [-0.4, -0.2) is 23.2 Å². The van der Waals surface area contributed by atoms with Crippen molar-refractivity contribution in [1.82, 2.24) is 4.98 Å². The molecule has 0 atom stereocenters. The number of nitrogens with one attached hydrogen (secondary N) is 1. The highest BCUT2D eigenvalue weighted by atomic mass is 16.5. The number of aromatic nitrogens is 1. The molecule has 2 rings (SSSR count). The number of aromatic carboxylic acids is 1. The quantitative estimate of drug-likeness (QED) is 0.824. The number of aromatic amines is 1. The zero-order valence-electron chi connectivity index (χ0n) is 9.40. The number of pyridine rings is 1. The Hall–Kier alpha value is -2.30. The number of hydrogen-bond donors (Lipinski definition) is 2. The molecule has 1 aromatic carbocycles. The topological polar surface area (TPSA) is 79.4 Å². The van der Waals surface area contributed by atoms with Crippen molar-refractivity contribution < 1.29 is 14.6 Å². The number of hydrogen-bond acceptors (Lipinski definition) is 3. The second-order valence-electron chi connectivity index (χ2n) is 3.67. The third kappa shape index (κ3) is 1.75. The first-order chi connectivity index (χ1) is 8.04.